The molecule has 3 N–H and O–H groups in total. The molecule has 0 amide bonds. The van der Waals surface area contributed by atoms with Crippen molar-refractivity contribution in [2.45, 2.75) is 206 Å². The summed E-state index contributed by atoms with van der Waals surface area (Å²) in [5.41, 5.74) is 0. The number of esters is 2. The van der Waals surface area contributed by atoms with Crippen molar-refractivity contribution < 1.29 is 47.8 Å². The van der Waals surface area contributed by atoms with E-state index in [1.807, 2.05) is 0 Å². The summed E-state index contributed by atoms with van der Waals surface area (Å²) in [5.74, 6) is -0.928. The normalized spacial score (nSPS) is 14.1. The zero-order valence-corrected chi connectivity index (χ0v) is 34.6. The van der Waals surface area contributed by atoms with Gasteiger partial charge < -0.3 is 24.6 Å². The molecule has 0 aliphatic rings. The number of hydrogen-bond donors (Lipinski definition) is 3. The van der Waals surface area contributed by atoms with Crippen LogP contribution in [0.15, 0.2) is 24.3 Å². The Balaban J connectivity index is 4.30. The highest BCUT2D eigenvalue weighted by Crippen LogP contribution is 2.43. The van der Waals surface area contributed by atoms with Crippen LogP contribution in [0, 0.1) is 0 Å². The van der Waals surface area contributed by atoms with E-state index >= 15 is 0 Å². The molecule has 0 radical (unpaired) electrons. The highest BCUT2D eigenvalue weighted by atomic mass is 31.2. The molecule has 0 saturated carbocycles. The fourth-order valence-corrected chi connectivity index (χ4v) is 6.58. The first-order chi connectivity index (χ1) is 25.7. The number of phosphoric ester groups is 1. The lowest BCUT2D eigenvalue weighted by Crippen LogP contribution is -2.29. The van der Waals surface area contributed by atoms with Crippen LogP contribution in [0.4, 0.5) is 0 Å². The highest BCUT2D eigenvalue weighted by Gasteiger charge is 2.27. The van der Waals surface area contributed by atoms with Crippen LogP contribution < -0.4 is 0 Å². The molecule has 0 aromatic carbocycles. The van der Waals surface area contributed by atoms with Gasteiger partial charge in [-0.15, -0.1) is 0 Å². The van der Waals surface area contributed by atoms with Crippen LogP contribution in [0.5, 0.6) is 0 Å². The molecular formula is C42H79O10P. The van der Waals surface area contributed by atoms with E-state index in [0.29, 0.717) is 12.8 Å². The fourth-order valence-electron chi connectivity index (χ4n) is 5.79. The topological polar surface area (TPSA) is 149 Å². The second-order valence-electron chi connectivity index (χ2n) is 14.4. The predicted molar refractivity (Wildman–Crippen MR) is 215 cm³/mol. The second kappa shape index (κ2) is 38.7. The molecule has 0 rings (SSSR count). The third kappa shape index (κ3) is 38.5. The smallest absolute Gasteiger partial charge is 0.462 e. The van der Waals surface area contributed by atoms with Gasteiger partial charge in [0.1, 0.15) is 12.7 Å². The van der Waals surface area contributed by atoms with Gasteiger partial charge in [0.25, 0.3) is 0 Å². The molecule has 0 bridgehead atoms. The SMILES string of the molecule is CCCCC/C=C\C/C=C\CCCCCCCCCC(=O)OC(COC(=O)CCCCCCCCCCCCCCC)COP(=O)(O)OCC(O)CO. The Morgan fingerprint density at radius 2 is 0.981 bits per heavy atom. The summed E-state index contributed by atoms with van der Waals surface area (Å²) in [7, 11) is -4.61. The van der Waals surface area contributed by atoms with E-state index in [1.165, 1.54) is 103 Å². The molecule has 3 atom stereocenters. The first-order valence-electron chi connectivity index (χ1n) is 21.3. The summed E-state index contributed by atoms with van der Waals surface area (Å²) in [6, 6.07) is 0. The van der Waals surface area contributed by atoms with Gasteiger partial charge in [-0.3, -0.25) is 18.6 Å². The molecular weight excluding hydrogens is 695 g/mol. The molecule has 11 heteroatoms. The maximum absolute atomic E-state index is 12.6. The van der Waals surface area contributed by atoms with E-state index in [1.54, 1.807) is 0 Å². The van der Waals surface area contributed by atoms with Crippen molar-refractivity contribution in [1.82, 2.24) is 0 Å². The molecule has 10 nitrogen and oxygen atoms in total. The van der Waals surface area contributed by atoms with Gasteiger partial charge in [-0.25, -0.2) is 4.57 Å². The number of unbranched alkanes of at least 4 members (excludes halogenated alkanes) is 22. The molecule has 53 heavy (non-hydrogen) atoms. The number of rotatable bonds is 40. The van der Waals surface area contributed by atoms with Gasteiger partial charge in [0.2, 0.25) is 0 Å². The summed E-state index contributed by atoms with van der Waals surface area (Å²) < 4.78 is 32.7. The van der Waals surface area contributed by atoms with Crippen molar-refractivity contribution >= 4 is 19.8 Å². The minimum absolute atomic E-state index is 0.178. The molecule has 0 aromatic rings. The number of carbonyl (C=O) groups excluding carboxylic acids is 2. The Morgan fingerprint density at radius 3 is 1.49 bits per heavy atom. The summed E-state index contributed by atoms with van der Waals surface area (Å²) in [5, 5.41) is 18.3. The Labute approximate surface area is 323 Å². The van der Waals surface area contributed by atoms with Crippen LogP contribution in [0.2, 0.25) is 0 Å². The molecule has 0 aliphatic heterocycles. The molecule has 3 unspecified atom stereocenters. The van der Waals surface area contributed by atoms with Crippen LogP contribution in [-0.4, -0.2) is 65.7 Å². The highest BCUT2D eigenvalue weighted by molar-refractivity contribution is 7.47. The molecule has 0 heterocycles. The van der Waals surface area contributed by atoms with Crippen LogP contribution in [0.3, 0.4) is 0 Å². The van der Waals surface area contributed by atoms with E-state index in [0.717, 1.165) is 51.4 Å². The first kappa shape index (κ1) is 51.5. The predicted octanol–water partition coefficient (Wildman–Crippen LogP) is 11.0. The summed E-state index contributed by atoms with van der Waals surface area (Å²) >= 11 is 0. The second-order valence-corrected chi connectivity index (χ2v) is 15.8. The monoisotopic (exact) mass is 775 g/mol. The molecule has 0 fully saturated rings. The van der Waals surface area contributed by atoms with E-state index in [-0.39, 0.29) is 19.4 Å². The third-order valence-electron chi connectivity index (χ3n) is 9.11. The van der Waals surface area contributed by atoms with Crippen LogP contribution >= 0.6 is 7.82 Å². The van der Waals surface area contributed by atoms with Crippen molar-refractivity contribution in [3.63, 3.8) is 0 Å². The van der Waals surface area contributed by atoms with E-state index in [2.05, 4.69) is 42.7 Å². The van der Waals surface area contributed by atoms with Crippen LogP contribution in [0.1, 0.15) is 194 Å². The van der Waals surface area contributed by atoms with Gasteiger partial charge in [0.05, 0.1) is 19.8 Å². The van der Waals surface area contributed by atoms with Gasteiger partial charge in [0, 0.05) is 12.8 Å². The number of phosphoric acid groups is 1. The average molecular weight is 775 g/mol. The van der Waals surface area contributed by atoms with Gasteiger partial charge in [0.15, 0.2) is 6.10 Å². The van der Waals surface area contributed by atoms with E-state index in [9.17, 15) is 24.2 Å². The van der Waals surface area contributed by atoms with Crippen LogP contribution in [0.25, 0.3) is 0 Å². The summed E-state index contributed by atoms with van der Waals surface area (Å²) in [4.78, 5) is 34.9. The largest absolute Gasteiger partial charge is 0.472 e. The number of aliphatic hydroxyl groups is 2. The number of hydrogen-bond acceptors (Lipinski definition) is 9. The summed E-state index contributed by atoms with van der Waals surface area (Å²) in [6.07, 6.45) is 37.1. The maximum Gasteiger partial charge on any atom is 0.472 e. The Morgan fingerprint density at radius 1 is 0.566 bits per heavy atom. The Kier molecular flexibility index (Phi) is 37.6. The number of ether oxygens (including phenoxy) is 2. The molecule has 0 aliphatic carbocycles. The number of carbonyl (C=O) groups is 2. The van der Waals surface area contributed by atoms with E-state index in [4.69, 9.17) is 19.1 Å². The van der Waals surface area contributed by atoms with Crippen molar-refractivity contribution in [2.24, 2.45) is 0 Å². The average Bonchev–Trinajstić information content (AvgIpc) is 3.14. The van der Waals surface area contributed by atoms with Crippen molar-refractivity contribution in [3.05, 3.63) is 24.3 Å². The van der Waals surface area contributed by atoms with Crippen molar-refractivity contribution in [3.8, 4) is 0 Å². The standard InChI is InChI=1S/C42H79O10P/c1-3-5-7-9-11-13-15-17-18-19-20-22-24-26-28-30-32-34-42(46)52-40(38-51-53(47,48)50-36-39(44)35-43)37-49-41(45)33-31-29-27-25-23-21-16-14-12-10-8-6-4-2/h11,13,17-18,39-40,43-44H,3-10,12,14-16,19-38H2,1-2H3,(H,47,48)/b13-11-,18-17-. The number of aliphatic hydroxyl groups excluding tert-OH is 2. The van der Waals surface area contributed by atoms with Gasteiger partial charge in [-0.1, -0.05) is 160 Å². The zero-order valence-electron chi connectivity index (χ0n) is 33.7. The lowest BCUT2D eigenvalue weighted by atomic mass is 10.0. The minimum atomic E-state index is -4.61. The van der Waals surface area contributed by atoms with Crippen LogP contribution in [-0.2, 0) is 32.7 Å². The lowest BCUT2D eigenvalue weighted by Gasteiger charge is -2.20. The quantitative estimate of drug-likeness (QED) is 0.0238. The van der Waals surface area contributed by atoms with Gasteiger partial charge in [-0.05, 0) is 44.9 Å². The number of allylic oxidation sites excluding steroid dienone is 4. The van der Waals surface area contributed by atoms with Gasteiger partial charge >= 0.3 is 19.8 Å². The zero-order chi connectivity index (χ0) is 39.1. The van der Waals surface area contributed by atoms with Crippen molar-refractivity contribution in [1.29, 1.82) is 0 Å². The Hall–Kier alpha value is -1.55. The Bertz CT molecular complexity index is 941. The van der Waals surface area contributed by atoms with Gasteiger partial charge in [-0.2, -0.15) is 0 Å². The molecule has 0 aromatic heterocycles. The first-order valence-corrected chi connectivity index (χ1v) is 22.8. The molecule has 0 spiro atoms. The molecule has 312 valence electrons. The fraction of sp³-hybridized carbons (Fsp3) is 0.857. The minimum Gasteiger partial charge on any atom is -0.462 e. The van der Waals surface area contributed by atoms with E-state index < -0.39 is 51.8 Å². The molecule has 0 saturated heterocycles. The lowest BCUT2D eigenvalue weighted by molar-refractivity contribution is -0.161. The summed E-state index contributed by atoms with van der Waals surface area (Å²) in [6.45, 7) is 2.35. The third-order valence-corrected chi connectivity index (χ3v) is 10.1. The van der Waals surface area contributed by atoms with Crippen molar-refractivity contribution in [2.75, 3.05) is 26.4 Å². The maximum atomic E-state index is 12.6.